The molecule has 3 heterocycles. The molecule has 3 aromatic heterocycles. The summed E-state index contributed by atoms with van der Waals surface area (Å²) < 4.78 is 27.6. The highest BCUT2D eigenvalue weighted by Crippen LogP contribution is 2.27. The maximum absolute atomic E-state index is 12.0. The van der Waals surface area contributed by atoms with E-state index in [0.717, 1.165) is 0 Å². The number of hydrogen-bond acceptors (Lipinski definition) is 8. The summed E-state index contributed by atoms with van der Waals surface area (Å²) in [6.45, 7) is 0. The molecule has 0 aliphatic carbocycles. The molecule has 3 N–H and O–H groups in total. The van der Waals surface area contributed by atoms with Crippen molar-refractivity contribution in [1.82, 2.24) is 29.5 Å². The summed E-state index contributed by atoms with van der Waals surface area (Å²) in [7, 11) is -2.30. The molecule has 0 atom stereocenters. The summed E-state index contributed by atoms with van der Waals surface area (Å²) >= 11 is 0. The van der Waals surface area contributed by atoms with E-state index in [2.05, 4.69) is 30.3 Å². The molecule has 0 spiro atoms. The van der Waals surface area contributed by atoms with Crippen LogP contribution in [0, 0.1) is 0 Å². The lowest BCUT2D eigenvalue weighted by atomic mass is 10.2. The third-order valence-electron chi connectivity index (χ3n) is 4.03. The number of carboxylic acid groups (broad SMARTS) is 1. The van der Waals surface area contributed by atoms with Gasteiger partial charge in [-0.05, 0) is 31.3 Å². The lowest BCUT2D eigenvalue weighted by Crippen LogP contribution is -2.18. The Hall–Kier alpha value is -3.64. The number of carbonyl (C=O) groups is 1. The molecule has 0 bridgehead atoms. The van der Waals surface area contributed by atoms with Crippen LogP contribution in [-0.4, -0.2) is 51.3 Å². The van der Waals surface area contributed by atoms with Crippen molar-refractivity contribution in [2.75, 3.05) is 12.4 Å². The summed E-state index contributed by atoms with van der Waals surface area (Å²) in [5, 5.41) is 20.5. The monoisotopic (exact) mass is 399 g/mol. The van der Waals surface area contributed by atoms with E-state index < -0.39 is 16.0 Å². The number of anilines is 2. The molecule has 0 fully saturated rings. The Labute approximate surface area is 158 Å². The van der Waals surface area contributed by atoms with Crippen LogP contribution < -0.4 is 10.0 Å². The topological polar surface area (TPSA) is 151 Å². The molecule has 142 valence electrons. The van der Waals surface area contributed by atoms with Crippen LogP contribution in [0.4, 0.5) is 11.5 Å². The minimum Gasteiger partial charge on any atom is -0.476 e. The number of nitrogens with one attached hydrogen (secondary N) is 2. The van der Waals surface area contributed by atoms with Crippen molar-refractivity contribution in [3.05, 3.63) is 48.4 Å². The molecule has 0 saturated carbocycles. The number of sulfonamides is 1. The van der Waals surface area contributed by atoms with Crippen molar-refractivity contribution in [2.45, 2.75) is 4.90 Å². The van der Waals surface area contributed by atoms with Crippen LogP contribution in [0.25, 0.3) is 16.6 Å². The van der Waals surface area contributed by atoms with Gasteiger partial charge in [0.2, 0.25) is 15.7 Å². The zero-order valence-electron chi connectivity index (χ0n) is 14.4. The number of fused-ring (bicyclic) bond motifs is 3. The molecule has 28 heavy (non-hydrogen) atoms. The highest BCUT2D eigenvalue weighted by Gasteiger charge is 2.19. The summed E-state index contributed by atoms with van der Waals surface area (Å²) in [5.74, 6) is -0.951. The molecule has 1 aromatic carbocycles. The Morgan fingerprint density at radius 3 is 2.82 bits per heavy atom. The van der Waals surface area contributed by atoms with Crippen LogP contribution in [0.5, 0.6) is 0 Å². The molecular weight excluding hydrogens is 386 g/mol. The minimum absolute atomic E-state index is 0.0366. The van der Waals surface area contributed by atoms with Crippen LogP contribution in [0.15, 0.2) is 47.6 Å². The van der Waals surface area contributed by atoms with E-state index in [1.165, 1.54) is 29.9 Å². The van der Waals surface area contributed by atoms with Gasteiger partial charge >= 0.3 is 5.97 Å². The van der Waals surface area contributed by atoms with Gasteiger partial charge in [0, 0.05) is 17.3 Å². The molecule has 0 amide bonds. The van der Waals surface area contributed by atoms with E-state index in [1.54, 1.807) is 24.4 Å². The fourth-order valence-electron chi connectivity index (χ4n) is 2.69. The molecule has 0 saturated heterocycles. The SMILES string of the molecule is CNS(=O)(=O)c1cccc(Nc2nc3c(C(=O)O)nnn3c3cnccc23)c1. The second kappa shape index (κ2) is 6.51. The zero-order valence-corrected chi connectivity index (χ0v) is 15.2. The van der Waals surface area contributed by atoms with Gasteiger partial charge < -0.3 is 10.4 Å². The van der Waals surface area contributed by atoms with Gasteiger partial charge in [0.05, 0.1) is 16.6 Å². The normalized spacial score (nSPS) is 11.8. The van der Waals surface area contributed by atoms with Crippen LogP contribution in [-0.2, 0) is 10.0 Å². The van der Waals surface area contributed by atoms with Crippen molar-refractivity contribution in [1.29, 1.82) is 0 Å². The van der Waals surface area contributed by atoms with Gasteiger partial charge in [0.1, 0.15) is 5.82 Å². The predicted octanol–water partition coefficient (Wildman–Crippen LogP) is 1.02. The first-order chi connectivity index (χ1) is 13.4. The third kappa shape index (κ3) is 2.90. The summed E-state index contributed by atoms with van der Waals surface area (Å²) in [4.78, 5) is 19.9. The van der Waals surface area contributed by atoms with Gasteiger partial charge in [-0.2, -0.15) is 4.52 Å². The number of carboxylic acids is 1. The molecule has 4 rings (SSSR count). The maximum Gasteiger partial charge on any atom is 0.360 e. The number of aromatic carboxylic acids is 1. The van der Waals surface area contributed by atoms with E-state index in [-0.39, 0.29) is 16.2 Å². The van der Waals surface area contributed by atoms with Crippen molar-refractivity contribution in [3.8, 4) is 0 Å². The lowest BCUT2D eigenvalue weighted by molar-refractivity contribution is 0.0692. The number of rotatable bonds is 5. The molecule has 0 radical (unpaired) electrons. The van der Waals surface area contributed by atoms with Crippen molar-refractivity contribution < 1.29 is 18.3 Å². The van der Waals surface area contributed by atoms with E-state index >= 15 is 0 Å². The molecule has 0 unspecified atom stereocenters. The second-order valence-electron chi connectivity index (χ2n) is 5.69. The largest absolute Gasteiger partial charge is 0.476 e. The Morgan fingerprint density at radius 1 is 1.25 bits per heavy atom. The van der Waals surface area contributed by atoms with Gasteiger partial charge in [-0.3, -0.25) is 4.98 Å². The summed E-state index contributed by atoms with van der Waals surface area (Å²) in [6.07, 6.45) is 3.06. The van der Waals surface area contributed by atoms with E-state index in [0.29, 0.717) is 22.4 Å². The molecule has 4 aromatic rings. The first kappa shape index (κ1) is 17.8. The average molecular weight is 399 g/mol. The smallest absolute Gasteiger partial charge is 0.360 e. The Kier molecular flexibility index (Phi) is 4.13. The molecule has 11 nitrogen and oxygen atoms in total. The highest BCUT2D eigenvalue weighted by atomic mass is 32.2. The van der Waals surface area contributed by atoms with Crippen LogP contribution in [0.3, 0.4) is 0 Å². The van der Waals surface area contributed by atoms with Crippen LogP contribution >= 0.6 is 0 Å². The van der Waals surface area contributed by atoms with Crippen molar-refractivity contribution in [2.24, 2.45) is 0 Å². The highest BCUT2D eigenvalue weighted by molar-refractivity contribution is 7.89. The average Bonchev–Trinajstić information content (AvgIpc) is 3.13. The van der Waals surface area contributed by atoms with E-state index in [1.807, 2.05) is 0 Å². The fraction of sp³-hybridized carbons (Fsp3) is 0.0625. The van der Waals surface area contributed by atoms with Gasteiger partial charge in [-0.1, -0.05) is 11.3 Å². The van der Waals surface area contributed by atoms with Gasteiger partial charge in [-0.15, -0.1) is 5.10 Å². The predicted molar refractivity (Wildman–Crippen MR) is 99.0 cm³/mol. The van der Waals surface area contributed by atoms with Crippen molar-refractivity contribution in [3.63, 3.8) is 0 Å². The molecule has 12 heteroatoms. The van der Waals surface area contributed by atoms with E-state index in [9.17, 15) is 18.3 Å². The first-order valence-corrected chi connectivity index (χ1v) is 9.42. The summed E-state index contributed by atoms with van der Waals surface area (Å²) in [6, 6.07) is 7.83. The Morgan fingerprint density at radius 2 is 2.07 bits per heavy atom. The van der Waals surface area contributed by atoms with Gasteiger partial charge in [0.25, 0.3) is 0 Å². The Balaban J connectivity index is 1.90. The number of aromatic nitrogens is 5. The van der Waals surface area contributed by atoms with Gasteiger partial charge in [0.15, 0.2) is 5.65 Å². The first-order valence-electron chi connectivity index (χ1n) is 7.94. The van der Waals surface area contributed by atoms with Crippen LogP contribution in [0.1, 0.15) is 10.5 Å². The standard InChI is InChI=1S/C16H13N7O4S/c1-17-28(26,27)10-4-2-3-9(7-10)19-14-11-5-6-18-8-12(11)23-15(20-14)13(16(24)25)21-22-23/h2-8,17H,1H3,(H,19,20)(H,24,25). The number of hydrogen-bond donors (Lipinski definition) is 3. The molecule has 0 aliphatic rings. The molecular formula is C16H13N7O4S. The molecule has 0 aliphatic heterocycles. The van der Waals surface area contributed by atoms with E-state index in [4.69, 9.17) is 0 Å². The second-order valence-corrected chi connectivity index (χ2v) is 7.58. The fourth-order valence-corrected chi connectivity index (χ4v) is 3.47. The minimum atomic E-state index is -3.62. The van der Waals surface area contributed by atoms with Crippen LogP contribution in [0.2, 0.25) is 0 Å². The number of pyridine rings is 1. The van der Waals surface area contributed by atoms with Crippen molar-refractivity contribution >= 4 is 44.0 Å². The number of benzene rings is 1. The third-order valence-corrected chi connectivity index (χ3v) is 5.44. The Bertz CT molecular complexity index is 1330. The number of nitrogens with zero attached hydrogens (tertiary/aromatic N) is 5. The summed E-state index contributed by atoms with van der Waals surface area (Å²) in [5.41, 5.74) is 0.680. The quantitative estimate of drug-likeness (QED) is 0.446. The maximum atomic E-state index is 12.0. The zero-order chi connectivity index (χ0) is 19.9. The van der Waals surface area contributed by atoms with Gasteiger partial charge in [-0.25, -0.2) is 22.9 Å². The lowest BCUT2D eigenvalue weighted by Gasteiger charge is -2.11.